The van der Waals surface area contributed by atoms with Crippen molar-refractivity contribution in [3.8, 4) is 0 Å². The molecule has 4 nitrogen and oxygen atoms in total. The minimum atomic E-state index is -0.677. The Morgan fingerprint density at radius 2 is 2.13 bits per heavy atom. The van der Waals surface area contributed by atoms with Crippen LogP contribution in [0.3, 0.4) is 0 Å². The molecular formula is C11H11NO3. The Morgan fingerprint density at radius 1 is 1.47 bits per heavy atom. The average Bonchev–Trinajstić information content (AvgIpc) is 2.29. The molecule has 0 radical (unpaired) electrons. The van der Waals surface area contributed by atoms with Gasteiger partial charge < -0.3 is 9.94 Å². The molecule has 0 aliphatic carbocycles. The molecule has 0 fully saturated rings. The van der Waals surface area contributed by atoms with Crippen molar-refractivity contribution < 1.29 is 14.7 Å². The quantitative estimate of drug-likeness (QED) is 0.267. The predicted octanol–water partition coefficient (Wildman–Crippen LogP) is 1.59. The van der Waals surface area contributed by atoms with E-state index < -0.39 is 5.97 Å². The summed E-state index contributed by atoms with van der Waals surface area (Å²) in [4.78, 5) is 11.4. The molecule has 0 aliphatic heterocycles. The van der Waals surface area contributed by atoms with Gasteiger partial charge in [0.05, 0.1) is 0 Å². The first-order chi connectivity index (χ1) is 7.29. The van der Waals surface area contributed by atoms with E-state index in [1.165, 1.54) is 6.08 Å². The Labute approximate surface area is 87.5 Å². The van der Waals surface area contributed by atoms with Crippen LogP contribution in [0.1, 0.15) is 5.56 Å². The van der Waals surface area contributed by atoms with Gasteiger partial charge in [-0.25, -0.2) is 4.79 Å². The smallest absolute Gasteiger partial charge is 0.361 e. The molecule has 4 heteroatoms. The first-order valence-electron chi connectivity index (χ1n) is 4.35. The number of carbonyl (C=O) groups excluding carboxylic acids is 1. The Morgan fingerprint density at radius 3 is 2.67 bits per heavy atom. The Kier molecular flexibility index (Phi) is 4.09. The highest BCUT2D eigenvalue weighted by atomic mass is 16.5. The number of esters is 1. The molecular weight excluding hydrogens is 194 g/mol. The lowest BCUT2D eigenvalue weighted by molar-refractivity contribution is -0.134. The summed E-state index contributed by atoms with van der Waals surface area (Å²) in [7, 11) is 0. The number of carbonyl (C=O) groups is 1. The van der Waals surface area contributed by atoms with Gasteiger partial charge in [-0.2, -0.15) is 0 Å². The Hall–Kier alpha value is -2.10. The molecule has 0 atom stereocenters. The van der Waals surface area contributed by atoms with Gasteiger partial charge in [0.2, 0.25) is 0 Å². The molecule has 78 valence electrons. The van der Waals surface area contributed by atoms with E-state index in [0.717, 1.165) is 0 Å². The van der Waals surface area contributed by atoms with Crippen LogP contribution >= 0.6 is 0 Å². The molecule has 0 saturated carbocycles. The van der Waals surface area contributed by atoms with Crippen LogP contribution in [0, 0.1) is 0 Å². The van der Waals surface area contributed by atoms with Crippen molar-refractivity contribution >= 4 is 11.7 Å². The lowest BCUT2D eigenvalue weighted by atomic mass is 10.1. The second-order valence-electron chi connectivity index (χ2n) is 2.70. The predicted molar refractivity (Wildman–Crippen MR) is 55.9 cm³/mol. The third kappa shape index (κ3) is 2.95. The molecule has 0 aliphatic rings. The molecule has 1 aromatic carbocycles. The molecule has 0 amide bonds. The first-order valence-corrected chi connectivity index (χ1v) is 4.35. The van der Waals surface area contributed by atoms with Gasteiger partial charge in [0.25, 0.3) is 0 Å². The summed E-state index contributed by atoms with van der Waals surface area (Å²) in [6.45, 7) is 3.50. The number of ether oxygens (including phenoxy) is 1. The van der Waals surface area contributed by atoms with E-state index >= 15 is 0 Å². The van der Waals surface area contributed by atoms with E-state index in [0.29, 0.717) is 5.56 Å². The van der Waals surface area contributed by atoms with E-state index in [1.54, 1.807) is 30.3 Å². The standard InChI is InChI=1S/C11H11NO3/c1-2-8-15-11(13)10(12-14)9-6-4-3-5-7-9/h2-7,14H,1,8H2/b12-10-. The zero-order chi connectivity index (χ0) is 11.1. The number of oxime groups is 1. The van der Waals surface area contributed by atoms with Crippen LogP contribution in [0.25, 0.3) is 0 Å². The van der Waals surface area contributed by atoms with Gasteiger partial charge in [-0.05, 0) is 0 Å². The summed E-state index contributed by atoms with van der Waals surface area (Å²) in [6.07, 6.45) is 1.44. The van der Waals surface area contributed by atoms with E-state index in [9.17, 15) is 4.79 Å². The number of benzene rings is 1. The second kappa shape index (κ2) is 5.59. The highest BCUT2D eigenvalue weighted by Crippen LogP contribution is 2.02. The summed E-state index contributed by atoms with van der Waals surface area (Å²) in [5, 5.41) is 11.6. The van der Waals surface area contributed by atoms with Gasteiger partial charge >= 0.3 is 5.97 Å². The zero-order valence-electron chi connectivity index (χ0n) is 8.09. The highest BCUT2D eigenvalue weighted by Gasteiger charge is 2.15. The monoisotopic (exact) mass is 205 g/mol. The maximum atomic E-state index is 11.4. The Bertz CT molecular complexity index is 371. The van der Waals surface area contributed by atoms with Crippen LogP contribution < -0.4 is 0 Å². The molecule has 0 heterocycles. The zero-order valence-corrected chi connectivity index (χ0v) is 8.09. The summed E-state index contributed by atoms with van der Waals surface area (Å²) in [5.74, 6) is -0.677. The number of rotatable bonds is 4. The minimum Gasteiger partial charge on any atom is -0.457 e. The van der Waals surface area contributed by atoms with Gasteiger partial charge in [0.15, 0.2) is 5.71 Å². The van der Waals surface area contributed by atoms with Gasteiger partial charge in [0.1, 0.15) is 6.61 Å². The summed E-state index contributed by atoms with van der Waals surface area (Å²) in [6, 6.07) is 8.59. The Balaban J connectivity index is 2.82. The van der Waals surface area contributed by atoms with Crippen LogP contribution in [0.2, 0.25) is 0 Å². The number of hydrogen-bond donors (Lipinski definition) is 1. The summed E-state index contributed by atoms with van der Waals surface area (Å²) in [5.41, 5.74) is 0.395. The first kappa shape index (κ1) is 11.0. The van der Waals surface area contributed by atoms with Crippen LogP contribution in [-0.2, 0) is 9.53 Å². The SMILES string of the molecule is C=CCOC(=O)/C(=N\O)c1ccccc1. The van der Waals surface area contributed by atoms with Gasteiger partial charge in [-0.3, -0.25) is 0 Å². The third-order valence-electron chi connectivity index (χ3n) is 1.67. The van der Waals surface area contributed by atoms with E-state index in [-0.39, 0.29) is 12.3 Å². The lowest BCUT2D eigenvalue weighted by Crippen LogP contribution is -2.18. The summed E-state index contributed by atoms with van der Waals surface area (Å²) < 4.78 is 4.75. The van der Waals surface area contributed by atoms with Crippen molar-refractivity contribution in [3.05, 3.63) is 48.6 Å². The topological polar surface area (TPSA) is 58.9 Å². The van der Waals surface area contributed by atoms with E-state index in [1.807, 2.05) is 0 Å². The molecule has 0 spiro atoms. The molecule has 1 aromatic rings. The summed E-state index contributed by atoms with van der Waals surface area (Å²) >= 11 is 0. The molecule has 1 N–H and O–H groups in total. The molecule has 0 aromatic heterocycles. The van der Waals surface area contributed by atoms with Crippen LogP contribution in [-0.4, -0.2) is 23.5 Å². The number of hydrogen-bond acceptors (Lipinski definition) is 4. The average molecular weight is 205 g/mol. The minimum absolute atomic E-state index is 0.0880. The van der Waals surface area contributed by atoms with Crippen molar-refractivity contribution in [2.75, 3.05) is 6.61 Å². The fourth-order valence-electron chi connectivity index (χ4n) is 1.02. The van der Waals surface area contributed by atoms with Crippen LogP contribution in [0.5, 0.6) is 0 Å². The van der Waals surface area contributed by atoms with Crippen molar-refractivity contribution in [2.45, 2.75) is 0 Å². The maximum Gasteiger partial charge on any atom is 0.361 e. The lowest BCUT2D eigenvalue weighted by Gasteiger charge is -2.03. The van der Waals surface area contributed by atoms with Crippen LogP contribution in [0.15, 0.2) is 48.1 Å². The van der Waals surface area contributed by atoms with Crippen LogP contribution in [0.4, 0.5) is 0 Å². The van der Waals surface area contributed by atoms with E-state index in [4.69, 9.17) is 9.94 Å². The largest absolute Gasteiger partial charge is 0.457 e. The molecule has 0 saturated heterocycles. The maximum absolute atomic E-state index is 11.4. The number of nitrogens with zero attached hydrogens (tertiary/aromatic N) is 1. The second-order valence-corrected chi connectivity index (χ2v) is 2.70. The van der Waals surface area contributed by atoms with Crippen molar-refractivity contribution in [1.82, 2.24) is 0 Å². The molecule has 0 unspecified atom stereocenters. The van der Waals surface area contributed by atoms with Crippen molar-refractivity contribution in [1.29, 1.82) is 0 Å². The van der Waals surface area contributed by atoms with Gasteiger partial charge in [-0.15, -0.1) is 0 Å². The van der Waals surface area contributed by atoms with E-state index in [2.05, 4.69) is 11.7 Å². The van der Waals surface area contributed by atoms with Gasteiger partial charge in [-0.1, -0.05) is 48.1 Å². The molecule has 1 rings (SSSR count). The highest BCUT2D eigenvalue weighted by molar-refractivity contribution is 6.43. The van der Waals surface area contributed by atoms with Gasteiger partial charge in [0, 0.05) is 5.56 Å². The molecule has 0 bridgehead atoms. The van der Waals surface area contributed by atoms with Crippen molar-refractivity contribution in [2.24, 2.45) is 5.16 Å². The molecule has 15 heavy (non-hydrogen) atoms. The third-order valence-corrected chi connectivity index (χ3v) is 1.67. The fraction of sp³-hybridized carbons (Fsp3) is 0.0909. The normalized spacial score (nSPS) is 10.8. The fourth-order valence-corrected chi connectivity index (χ4v) is 1.02. The van der Waals surface area contributed by atoms with Crippen molar-refractivity contribution in [3.63, 3.8) is 0 Å².